The Hall–Kier alpha value is -1.88. The molecule has 0 bridgehead atoms. The van der Waals surface area contributed by atoms with Gasteiger partial charge < -0.3 is 9.32 Å². The van der Waals surface area contributed by atoms with Gasteiger partial charge in [-0.1, -0.05) is 0 Å². The number of hydrogen-bond acceptors (Lipinski definition) is 5. The molecule has 0 radical (unpaired) electrons. The second-order valence-corrected chi connectivity index (χ2v) is 6.58. The Labute approximate surface area is 131 Å². The van der Waals surface area contributed by atoms with E-state index in [0.29, 0.717) is 5.41 Å². The first-order valence-corrected chi connectivity index (χ1v) is 8.10. The Balaban J connectivity index is 1.35. The summed E-state index contributed by atoms with van der Waals surface area (Å²) in [6, 6.07) is 5.91. The first-order valence-electron chi connectivity index (χ1n) is 8.10. The van der Waals surface area contributed by atoms with Gasteiger partial charge in [-0.3, -0.25) is 4.90 Å². The third-order valence-electron chi connectivity index (χ3n) is 5.15. The molecule has 5 heteroatoms. The number of hydrogen-bond donors (Lipinski definition) is 0. The fourth-order valence-electron chi connectivity index (χ4n) is 3.78. The summed E-state index contributed by atoms with van der Waals surface area (Å²) in [5.41, 5.74) is 0.457. The molecule has 0 unspecified atom stereocenters. The lowest BCUT2D eigenvalue weighted by molar-refractivity contribution is 0.109. The molecule has 0 atom stereocenters. The molecule has 1 spiro atoms. The predicted octanol–water partition coefficient (Wildman–Crippen LogP) is 2.56. The fourth-order valence-corrected chi connectivity index (χ4v) is 3.78. The molecule has 0 saturated carbocycles. The zero-order valence-electron chi connectivity index (χ0n) is 12.8. The van der Waals surface area contributed by atoms with Crippen molar-refractivity contribution < 1.29 is 4.42 Å². The second kappa shape index (κ2) is 5.72. The van der Waals surface area contributed by atoms with Crippen molar-refractivity contribution in [1.29, 1.82) is 0 Å². The Kier molecular flexibility index (Phi) is 3.58. The van der Waals surface area contributed by atoms with Gasteiger partial charge in [0, 0.05) is 25.5 Å². The normalized spacial score (nSPS) is 21.5. The highest BCUT2D eigenvalue weighted by molar-refractivity contribution is 5.31. The number of likely N-dealkylation sites (tertiary alicyclic amines) is 1. The minimum absolute atomic E-state index is 0.457. The molecular formula is C17H22N4O. The smallest absolute Gasteiger partial charge is 0.225 e. The lowest BCUT2D eigenvalue weighted by atomic mass is 9.78. The molecule has 22 heavy (non-hydrogen) atoms. The second-order valence-electron chi connectivity index (χ2n) is 6.58. The molecule has 2 aromatic rings. The van der Waals surface area contributed by atoms with Crippen molar-refractivity contribution >= 4 is 5.95 Å². The van der Waals surface area contributed by atoms with Crippen LogP contribution in [0.3, 0.4) is 0 Å². The third-order valence-corrected chi connectivity index (χ3v) is 5.15. The van der Waals surface area contributed by atoms with Gasteiger partial charge >= 0.3 is 0 Å². The summed E-state index contributed by atoms with van der Waals surface area (Å²) < 4.78 is 5.46. The molecule has 0 aromatic carbocycles. The summed E-state index contributed by atoms with van der Waals surface area (Å²) in [7, 11) is 0. The lowest BCUT2D eigenvalue weighted by Gasteiger charge is -2.38. The summed E-state index contributed by atoms with van der Waals surface area (Å²) >= 11 is 0. The van der Waals surface area contributed by atoms with E-state index in [0.717, 1.165) is 44.4 Å². The molecular weight excluding hydrogens is 276 g/mol. The van der Waals surface area contributed by atoms with E-state index in [2.05, 4.69) is 25.8 Å². The number of piperidine rings is 1. The largest absolute Gasteiger partial charge is 0.468 e. The molecule has 2 aromatic heterocycles. The summed E-state index contributed by atoms with van der Waals surface area (Å²) in [5.74, 6) is 1.96. The van der Waals surface area contributed by atoms with Crippen molar-refractivity contribution in [3.8, 4) is 0 Å². The average Bonchev–Trinajstić information content (AvgIpc) is 3.21. The fraction of sp³-hybridized carbons (Fsp3) is 0.529. The first kappa shape index (κ1) is 13.8. The quantitative estimate of drug-likeness (QED) is 0.871. The van der Waals surface area contributed by atoms with E-state index in [1.54, 1.807) is 6.26 Å². The van der Waals surface area contributed by atoms with Gasteiger partial charge in [-0.25, -0.2) is 9.97 Å². The van der Waals surface area contributed by atoms with Crippen molar-refractivity contribution in [3.05, 3.63) is 42.6 Å². The van der Waals surface area contributed by atoms with E-state index in [1.807, 2.05) is 24.5 Å². The van der Waals surface area contributed by atoms with E-state index in [-0.39, 0.29) is 0 Å². The molecule has 2 aliphatic rings. The number of furan rings is 1. The molecule has 116 valence electrons. The van der Waals surface area contributed by atoms with Crippen LogP contribution in [0.25, 0.3) is 0 Å². The van der Waals surface area contributed by atoms with Gasteiger partial charge in [0.25, 0.3) is 0 Å². The van der Waals surface area contributed by atoms with Crippen LogP contribution >= 0.6 is 0 Å². The Bertz CT molecular complexity index is 590. The molecule has 4 rings (SSSR count). The van der Waals surface area contributed by atoms with Crippen LogP contribution in [-0.4, -0.2) is 41.0 Å². The molecule has 2 aliphatic heterocycles. The van der Waals surface area contributed by atoms with Gasteiger partial charge in [-0.2, -0.15) is 0 Å². The Morgan fingerprint density at radius 1 is 1.05 bits per heavy atom. The van der Waals surface area contributed by atoms with Gasteiger partial charge in [-0.15, -0.1) is 0 Å². The first-order chi connectivity index (χ1) is 10.8. The topological polar surface area (TPSA) is 45.4 Å². The van der Waals surface area contributed by atoms with Gasteiger partial charge in [0.15, 0.2) is 0 Å². The zero-order valence-corrected chi connectivity index (χ0v) is 12.8. The highest BCUT2D eigenvalue weighted by atomic mass is 16.3. The van der Waals surface area contributed by atoms with Crippen LogP contribution in [-0.2, 0) is 6.54 Å². The SMILES string of the molecule is c1cnc(N2CCC3(CCN(Cc4ccco4)CC3)C2)nc1. The Morgan fingerprint density at radius 2 is 1.82 bits per heavy atom. The van der Waals surface area contributed by atoms with Gasteiger partial charge in [-0.05, 0) is 56.0 Å². The summed E-state index contributed by atoms with van der Waals surface area (Å²) in [5, 5.41) is 0. The van der Waals surface area contributed by atoms with Crippen LogP contribution in [0.2, 0.25) is 0 Å². The van der Waals surface area contributed by atoms with E-state index in [1.165, 1.54) is 19.3 Å². The molecule has 4 heterocycles. The molecule has 2 fully saturated rings. The van der Waals surface area contributed by atoms with Crippen LogP contribution in [0.15, 0.2) is 41.3 Å². The monoisotopic (exact) mass is 298 g/mol. The standard InChI is InChI=1S/C17H22N4O/c1-3-15(22-12-1)13-20-9-4-17(5-10-20)6-11-21(14-17)16-18-7-2-8-19-16/h1-3,7-8,12H,4-6,9-11,13-14H2. The molecule has 5 nitrogen and oxygen atoms in total. The van der Waals surface area contributed by atoms with Crippen molar-refractivity contribution in [2.75, 3.05) is 31.1 Å². The van der Waals surface area contributed by atoms with Crippen molar-refractivity contribution in [3.63, 3.8) is 0 Å². The molecule has 0 amide bonds. The van der Waals surface area contributed by atoms with Crippen LogP contribution in [0.4, 0.5) is 5.95 Å². The third kappa shape index (κ3) is 2.73. The van der Waals surface area contributed by atoms with Crippen molar-refractivity contribution in [2.45, 2.75) is 25.8 Å². The molecule has 0 aliphatic carbocycles. The molecule has 2 saturated heterocycles. The van der Waals surface area contributed by atoms with Crippen LogP contribution in [0.5, 0.6) is 0 Å². The van der Waals surface area contributed by atoms with Crippen molar-refractivity contribution in [1.82, 2.24) is 14.9 Å². The van der Waals surface area contributed by atoms with E-state index in [9.17, 15) is 0 Å². The van der Waals surface area contributed by atoms with E-state index in [4.69, 9.17) is 4.42 Å². The van der Waals surface area contributed by atoms with E-state index < -0.39 is 0 Å². The number of anilines is 1. The number of aromatic nitrogens is 2. The number of nitrogens with zero attached hydrogens (tertiary/aromatic N) is 4. The van der Waals surface area contributed by atoms with Crippen LogP contribution < -0.4 is 4.90 Å². The number of rotatable bonds is 3. The highest BCUT2D eigenvalue weighted by Gasteiger charge is 2.41. The van der Waals surface area contributed by atoms with Gasteiger partial charge in [0.2, 0.25) is 5.95 Å². The Morgan fingerprint density at radius 3 is 2.55 bits per heavy atom. The van der Waals surface area contributed by atoms with Crippen molar-refractivity contribution in [2.24, 2.45) is 5.41 Å². The average molecular weight is 298 g/mol. The minimum Gasteiger partial charge on any atom is -0.468 e. The summed E-state index contributed by atoms with van der Waals surface area (Å²) in [4.78, 5) is 13.6. The maximum absolute atomic E-state index is 5.46. The lowest BCUT2D eigenvalue weighted by Crippen LogP contribution is -2.41. The predicted molar refractivity (Wildman–Crippen MR) is 84.5 cm³/mol. The van der Waals surface area contributed by atoms with E-state index >= 15 is 0 Å². The van der Waals surface area contributed by atoms with Gasteiger partial charge in [0.1, 0.15) is 5.76 Å². The van der Waals surface area contributed by atoms with Crippen LogP contribution in [0, 0.1) is 5.41 Å². The zero-order chi connectivity index (χ0) is 14.8. The molecule has 0 N–H and O–H groups in total. The minimum atomic E-state index is 0.457. The summed E-state index contributed by atoms with van der Waals surface area (Å²) in [6.07, 6.45) is 9.21. The van der Waals surface area contributed by atoms with Gasteiger partial charge in [0.05, 0.1) is 12.8 Å². The summed E-state index contributed by atoms with van der Waals surface area (Å²) in [6.45, 7) is 5.44. The van der Waals surface area contributed by atoms with Crippen LogP contribution in [0.1, 0.15) is 25.0 Å². The highest BCUT2D eigenvalue weighted by Crippen LogP contribution is 2.41. The maximum Gasteiger partial charge on any atom is 0.225 e. The maximum atomic E-state index is 5.46.